The minimum Gasteiger partial charge on any atom is -0.452 e. The molecule has 1 amide bonds. The average Bonchev–Trinajstić information content (AvgIpc) is 3.18. The molecule has 0 unspecified atom stereocenters. The number of ether oxygens (including phenoxy) is 1. The molecule has 0 aliphatic carbocycles. The van der Waals surface area contributed by atoms with E-state index in [1.807, 2.05) is 0 Å². The van der Waals surface area contributed by atoms with Crippen molar-refractivity contribution in [2.45, 2.75) is 18.7 Å². The number of carbonyl (C=O) groups is 2. The lowest BCUT2D eigenvalue weighted by atomic mass is 10.2. The maximum absolute atomic E-state index is 13.1. The van der Waals surface area contributed by atoms with Crippen LogP contribution in [0, 0.1) is 19.7 Å². The van der Waals surface area contributed by atoms with Crippen LogP contribution >= 0.6 is 0 Å². The van der Waals surface area contributed by atoms with Gasteiger partial charge in [0.25, 0.3) is 21.5 Å². The highest BCUT2D eigenvalue weighted by Crippen LogP contribution is 2.28. The minimum absolute atomic E-state index is 0.103. The quantitative estimate of drug-likeness (QED) is 0.317. The first kappa shape index (κ1) is 24.6. The number of hydrogen-bond acceptors (Lipinski definition) is 8. The molecule has 3 N–H and O–H groups in total. The third-order valence-electron chi connectivity index (χ3n) is 5.06. The Morgan fingerprint density at radius 3 is 2.56 bits per heavy atom. The molecule has 11 nitrogen and oxygen atoms in total. The second-order valence-electron chi connectivity index (χ2n) is 7.64. The Bertz CT molecular complexity index is 1640. The number of carbonyl (C=O) groups excluding carboxylic acids is 2. The van der Waals surface area contributed by atoms with E-state index in [0.29, 0.717) is 16.8 Å². The van der Waals surface area contributed by atoms with Crippen molar-refractivity contribution >= 4 is 44.2 Å². The summed E-state index contributed by atoms with van der Waals surface area (Å²) in [6, 6.07) is 9.67. The fourth-order valence-corrected chi connectivity index (χ4v) is 4.53. The molecule has 0 bridgehead atoms. The zero-order valence-electron chi connectivity index (χ0n) is 18.9. The van der Waals surface area contributed by atoms with Gasteiger partial charge in [0.1, 0.15) is 17.0 Å². The SMILES string of the molecule is Cc1n[nH]c(=O)c2c(NC(=O)COC(=O)c3cccc(S(=O)(=O)Nc4ccc(F)cc4)c3)oc(C)c12. The number of furan rings is 1. The summed E-state index contributed by atoms with van der Waals surface area (Å²) < 4.78 is 51.0. The number of fused-ring (bicyclic) bond motifs is 1. The van der Waals surface area contributed by atoms with Crippen LogP contribution in [0.5, 0.6) is 0 Å². The molecular formula is C23H19FN4O7S. The lowest BCUT2D eigenvalue weighted by Gasteiger charge is -2.10. The number of amides is 1. The van der Waals surface area contributed by atoms with Crippen LogP contribution in [-0.4, -0.2) is 37.1 Å². The molecule has 0 fully saturated rings. The van der Waals surface area contributed by atoms with Crippen molar-refractivity contribution in [3.8, 4) is 0 Å². The fourth-order valence-electron chi connectivity index (χ4n) is 3.43. The summed E-state index contributed by atoms with van der Waals surface area (Å²) in [5.74, 6) is -2.01. The van der Waals surface area contributed by atoms with Crippen molar-refractivity contribution in [1.82, 2.24) is 10.2 Å². The lowest BCUT2D eigenvalue weighted by Crippen LogP contribution is -2.22. The van der Waals surface area contributed by atoms with Crippen molar-refractivity contribution in [3.63, 3.8) is 0 Å². The highest BCUT2D eigenvalue weighted by Gasteiger charge is 2.21. The van der Waals surface area contributed by atoms with Crippen LogP contribution in [0.3, 0.4) is 0 Å². The molecule has 0 saturated heterocycles. The average molecular weight is 514 g/mol. The van der Waals surface area contributed by atoms with Gasteiger partial charge in [0.15, 0.2) is 6.61 Å². The Kier molecular flexibility index (Phi) is 6.57. The first-order valence-electron chi connectivity index (χ1n) is 10.4. The number of rotatable bonds is 7. The van der Waals surface area contributed by atoms with Crippen LogP contribution in [0.25, 0.3) is 10.8 Å². The predicted molar refractivity (Wildman–Crippen MR) is 127 cm³/mol. The number of esters is 1. The molecule has 13 heteroatoms. The number of benzene rings is 2. The first-order valence-corrected chi connectivity index (χ1v) is 11.9. The van der Waals surface area contributed by atoms with E-state index in [1.54, 1.807) is 13.8 Å². The van der Waals surface area contributed by atoms with Crippen LogP contribution in [-0.2, 0) is 19.6 Å². The number of halogens is 1. The van der Waals surface area contributed by atoms with Gasteiger partial charge in [-0.25, -0.2) is 22.7 Å². The monoisotopic (exact) mass is 514 g/mol. The number of nitrogens with one attached hydrogen (secondary N) is 3. The molecule has 0 aliphatic rings. The molecule has 2 heterocycles. The Balaban J connectivity index is 1.44. The molecule has 0 aliphatic heterocycles. The predicted octanol–water partition coefficient (Wildman–Crippen LogP) is 2.87. The van der Waals surface area contributed by atoms with E-state index in [0.717, 1.165) is 18.2 Å². The van der Waals surface area contributed by atoms with Crippen LogP contribution in [0.1, 0.15) is 21.8 Å². The van der Waals surface area contributed by atoms with E-state index < -0.39 is 39.9 Å². The zero-order valence-corrected chi connectivity index (χ0v) is 19.7. The molecule has 0 radical (unpaired) electrons. The van der Waals surface area contributed by atoms with Crippen molar-refractivity contribution in [2.24, 2.45) is 0 Å². The van der Waals surface area contributed by atoms with Crippen LogP contribution in [0.2, 0.25) is 0 Å². The highest BCUT2D eigenvalue weighted by atomic mass is 32.2. The van der Waals surface area contributed by atoms with E-state index in [-0.39, 0.29) is 27.4 Å². The minimum atomic E-state index is -4.09. The van der Waals surface area contributed by atoms with E-state index in [2.05, 4.69) is 20.2 Å². The molecule has 4 aromatic rings. The van der Waals surface area contributed by atoms with Crippen molar-refractivity contribution < 1.29 is 31.6 Å². The number of aromatic nitrogens is 2. The van der Waals surface area contributed by atoms with Crippen LogP contribution in [0.4, 0.5) is 16.0 Å². The van der Waals surface area contributed by atoms with E-state index in [1.165, 1.54) is 30.3 Å². The smallest absolute Gasteiger partial charge is 0.338 e. The number of aryl methyl sites for hydroxylation is 2. The Hall–Kier alpha value is -4.52. The first-order chi connectivity index (χ1) is 17.0. The summed E-state index contributed by atoms with van der Waals surface area (Å²) >= 11 is 0. The molecule has 0 atom stereocenters. The van der Waals surface area contributed by atoms with Gasteiger partial charge in [-0.05, 0) is 56.3 Å². The van der Waals surface area contributed by atoms with Gasteiger partial charge in [-0.3, -0.25) is 19.6 Å². The Morgan fingerprint density at radius 2 is 1.83 bits per heavy atom. The topological polar surface area (TPSA) is 160 Å². The summed E-state index contributed by atoms with van der Waals surface area (Å²) in [5, 5.41) is 9.11. The second-order valence-corrected chi connectivity index (χ2v) is 9.32. The van der Waals surface area contributed by atoms with Gasteiger partial charge in [-0.15, -0.1) is 0 Å². The number of anilines is 2. The third-order valence-corrected chi connectivity index (χ3v) is 6.44. The maximum atomic E-state index is 13.1. The third kappa shape index (κ3) is 5.10. The van der Waals surface area contributed by atoms with Gasteiger partial charge in [0, 0.05) is 5.69 Å². The highest BCUT2D eigenvalue weighted by molar-refractivity contribution is 7.92. The largest absolute Gasteiger partial charge is 0.452 e. The number of sulfonamides is 1. The standard InChI is InChI=1S/C23H19FN4O7S/c1-12-19-13(2)35-22(20(19)21(30)27-26-12)25-18(29)11-34-23(31)14-4-3-5-17(10-14)36(32,33)28-16-8-6-15(24)7-9-16/h3-10,28H,11H2,1-2H3,(H,25,29)(H,27,30). The molecule has 2 aromatic heterocycles. The molecule has 4 rings (SSSR count). The number of aromatic amines is 1. The van der Waals surface area contributed by atoms with Gasteiger partial charge in [-0.1, -0.05) is 6.07 Å². The fraction of sp³-hybridized carbons (Fsp3) is 0.130. The lowest BCUT2D eigenvalue weighted by molar-refractivity contribution is -0.119. The summed E-state index contributed by atoms with van der Waals surface area (Å²) in [6.45, 7) is 2.54. The van der Waals surface area contributed by atoms with Gasteiger partial charge in [0.05, 0.1) is 21.5 Å². The Labute approximate surface area is 203 Å². The van der Waals surface area contributed by atoms with Gasteiger partial charge in [-0.2, -0.15) is 5.10 Å². The number of nitrogens with zero attached hydrogens (tertiary/aromatic N) is 1. The van der Waals surface area contributed by atoms with E-state index >= 15 is 0 Å². The molecule has 36 heavy (non-hydrogen) atoms. The molecule has 186 valence electrons. The molecule has 2 aromatic carbocycles. The summed E-state index contributed by atoms with van der Waals surface area (Å²) in [7, 11) is -4.09. The van der Waals surface area contributed by atoms with Gasteiger partial charge < -0.3 is 9.15 Å². The maximum Gasteiger partial charge on any atom is 0.338 e. The van der Waals surface area contributed by atoms with E-state index in [9.17, 15) is 27.2 Å². The van der Waals surface area contributed by atoms with Crippen molar-refractivity contribution in [1.29, 1.82) is 0 Å². The Morgan fingerprint density at radius 1 is 1.11 bits per heavy atom. The second kappa shape index (κ2) is 9.62. The number of H-pyrrole nitrogens is 1. The molecule has 0 spiro atoms. The zero-order chi connectivity index (χ0) is 26.0. The van der Waals surface area contributed by atoms with Crippen molar-refractivity contribution in [3.05, 3.63) is 81.7 Å². The van der Waals surface area contributed by atoms with Gasteiger partial charge in [0.2, 0.25) is 5.88 Å². The summed E-state index contributed by atoms with van der Waals surface area (Å²) in [5.41, 5.74) is -0.0534. The molecular weight excluding hydrogens is 495 g/mol. The normalized spacial score (nSPS) is 11.3. The number of hydrogen-bond donors (Lipinski definition) is 3. The van der Waals surface area contributed by atoms with Gasteiger partial charge >= 0.3 is 5.97 Å². The van der Waals surface area contributed by atoms with Crippen LogP contribution in [0.15, 0.2) is 62.6 Å². The summed E-state index contributed by atoms with van der Waals surface area (Å²) in [4.78, 5) is 36.7. The molecule has 0 saturated carbocycles. The van der Waals surface area contributed by atoms with E-state index in [4.69, 9.17) is 9.15 Å². The summed E-state index contributed by atoms with van der Waals surface area (Å²) in [6.07, 6.45) is 0. The van der Waals surface area contributed by atoms with Crippen molar-refractivity contribution in [2.75, 3.05) is 16.6 Å². The van der Waals surface area contributed by atoms with Crippen LogP contribution < -0.4 is 15.6 Å².